The van der Waals surface area contributed by atoms with Gasteiger partial charge in [-0.05, 0) is 31.0 Å². The van der Waals surface area contributed by atoms with Gasteiger partial charge in [0.15, 0.2) is 5.17 Å². The van der Waals surface area contributed by atoms with E-state index < -0.39 is 0 Å². The maximum Gasteiger partial charge on any atom is 0.239 e. The number of carbonyl (C=O) groups excluding carboxylic acids is 1. The molecule has 1 fully saturated rings. The first kappa shape index (κ1) is 12.2. The lowest BCUT2D eigenvalue weighted by Gasteiger charge is -2.14. The van der Waals surface area contributed by atoms with Gasteiger partial charge >= 0.3 is 0 Å². The van der Waals surface area contributed by atoms with E-state index in [9.17, 15) is 4.79 Å². The molecule has 0 atom stereocenters. The van der Waals surface area contributed by atoms with Crippen LogP contribution >= 0.6 is 11.8 Å². The number of aryl methyl sites for hydroxylation is 1. The molecular formula is C13H16N2OS. The number of benzene rings is 1. The highest BCUT2D eigenvalue weighted by Gasteiger charge is 2.27. The van der Waals surface area contributed by atoms with E-state index in [0.717, 1.165) is 23.8 Å². The summed E-state index contributed by atoms with van der Waals surface area (Å²) in [7, 11) is 0. The van der Waals surface area contributed by atoms with Crippen molar-refractivity contribution in [2.75, 3.05) is 12.3 Å². The third-order valence-corrected chi connectivity index (χ3v) is 3.49. The minimum absolute atomic E-state index is 0.170. The van der Waals surface area contributed by atoms with Gasteiger partial charge in [-0.3, -0.25) is 9.69 Å². The summed E-state index contributed by atoms with van der Waals surface area (Å²) in [5.74, 6) is 0.688. The van der Waals surface area contributed by atoms with Crippen molar-refractivity contribution in [3.63, 3.8) is 0 Å². The van der Waals surface area contributed by atoms with Gasteiger partial charge in [-0.15, -0.1) is 0 Å². The normalized spacial score (nSPS) is 18.1. The van der Waals surface area contributed by atoms with Crippen LogP contribution in [0.3, 0.4) is 0 Å². The fourth-order valence-corrected chi connectivity index (χ4v) is 2.66. The van der Waals surface area contributed by atoms with E-state index in [4.69, 9.17) is 0 Å². The van der Waals surface area contributed by atoms with E-state index in [-0.39, 0.29) is 5.91 Å². The first-order valence-electron chi connectivity index (χ1n) is 5.79. The Hall–Kier alpha value is -1.29. The summed E-state index contributed by atoms with van der Waals surface area (Å²) < 4.78 is 0. The quantitative estimate of drug-likeness (QED) is 0.823. The molecule has 90 valence electrons. The molecule has 1 amide bonds. The average Bonchev–Trinajstić information content (AvgIpc) is 2.62. The fourth-order valence-electron chi connectivity index (χ4n) is 1.73. The summed E-state index contributed by atoms with van der Waals surface area (Å²) in [5, 5.41) is 0.836. The zero-order valence-electron chi connectivity index (χ0n) is 10.1. The molecule has 3 nitrogen and oxygen atoms in total. The van der Waals surface area contributed by atoms with Crippen LogP contribution in [0.5, 0.6) is 0 Å². The molecule has 0 saturated carbocycles. The van der Waals surface area contributed by atoms with Crippen LogP contribution in [0.1, 0.15) is 18.9 Å². The first-order chi connectivity index (χ1) is 8.20. The van der Waals surface area contributed by atoms with E-state index in [1.165, 1.54) is 17.3 Å². The first-order valence-corrected chi connectivity index (χ1v) is 6.78. The van der Waals surface area contributed by atoms with Gasteiger partial charge in [-0.25, -0.2) is 4.99 Å². The smallest absolute Gasteiger partial charge is 0.239 e. The number of hydrogen-bond donors (Lipinski definition) is 0. The zero-order valence-corrected chi connectivity index (χ0v) is 11.0. The molecule has 0 unspecified atom stereocenters. The number of carbonyl (C=O) groups is 1. The number of nitrogens with zero attached hydrogens (tertiary/aromatic N) is 2. The van der Waals surface area contributed by atoms with E-state index in [0.29, 0.717) is 5.75 Å². The highest BCUT2D eigenvalue weighted by molar-refractivity contribution is 8.15. The Morgan fingerprint density at radius 1 is 1.47 bits per heavy atom. The number of thioether (sulfide) groups is 1. The Morgan fingerprint density at radius 3 is 3.00 bits per heavy atom. The van der Waals surface area contributed by atoms with Gasteiger partial charge < -0.3 is 0 Å². The van der Waals surface area contributed by atoms with Crippen molar-refractivity contribution in [1.82, 2.24) is 4.90 Å². The molecule has 17 heavy (non-hydrogen) atoms. The van der Waals surface area contributed by atoms with Crippen LogP contribution in [0.25, 0.3) is 0 Å². The number of amides is 1. The van der Waals surface area contributed by atoms with Crippen molar-refractivity contribution in [3.8, 4) is 0 Å². The van der Waals surface area contributed by atoms with Crippen LogP contribution in [-0.4, -0.2) is 28.3 Å². The Labute approximate surface area is 106 Å². The third kappa shape index (κ3) is 2.88. The van der Waals surface area contributed by atoms with Gasteiger partial charge in [0.1, 0.15) is 0 Å². The average molecular weight is 248 g/mol. The molecule has 0 radical (unpaired) electrons. The van der Waals surface area contributed by atoms with E-state index in [1.54, 1.807) is 4.90 Å². The second kappa shape index (κ2) is 5.36. The molecule has 1 aliphatic heterocycles. The molecule has 0 N–H and O–H groups in total. The van der Waals surface area contributed by atoms with E-state index >= 15 is 0 Å². The second-order valence-electron chi connectivity index (χ2n) is 4.07. The SMILES string of the molecule is CCCN1C(=O)CSC1=Nc1cccc(C)c1. The van der Waals surface area contributed by atoms with Gasteiger partial charge in [0.25, 0.3) is 0 Å². The van der Waals surface area contributed by atoms with Crippen LogP contribution in [0.2, 0.25) is 0 Å². The minimum Gasteiger partial charge on any atom is -0.291 e. The van der Waals surface area contributed by atoms with Crippen molar-refractivity contribution in [2.45, 2.75) is 20.3 Å². The largest absolute Gasteiger partial charge is 0.291 e. The Bertz CT molecular complexity index is 456. The molecule has 2 rings (SSSR count). The number of aliphatic imine (C=N–C) groups is 1. The maximum absolute atomic E-state index is 11.7. The van der Waals surface area contributed by atoms with Gasteiger partial charge in [0.05, 0.1) is 11.4 Å². The summed E-state index contributed by atoms with van der Waals surface area (Å²) >= 11 is 1.53. The highest BCUT2D eigenvalue weighted by Crippen LogP contribution is 2.24. The standard InChI is InChI=1S/C13H16N2OS/c1-3-7-15-12(16)9-17-13(15)14-11-6-4-5-10(2)8-11/h4-6,8H,3,7,9H2,1-2H3. The van der Waals surface area contributed by atoms with Crippen molar-refractivity contribution in [2.24, 2.45) is 4.99 Å². The van der Waals surface area contributed by atoms with Gasteiger partial charge in [-0.1, -0.05) is 30.8 Å². The van der Waals surface area contributed by atoms with Crippen LogP contribution in [0, 0.1) is 6.92 Å². The van der Waals surface area contributed by atoms with Gasteiger partial charge in [-0.2, -0.15) is 0 Å². The predicted octanol–water partition coefficient (Wildman–Crippen LogP) is 2.97. The minimum atomic E-state index is 0.170. The molecule has 1 aliphatic rings. The molecule has 1 aromatic carbocycles. The van der Waals surface area contributed by atoms with Gasteiger partial charge in [0, 0.05) is 6.54 Å². The molecule has 0 bridgehead atoms. The van der Waals surface area contributed by atoms with Crippen LogP contribution in [0.15, 0.2) is 29.3 Å². The number of amidine groups is 1. The molecule has 4 heteroatoms. The molecular weight excluding hydrogens is 232 g/mol. The summed E-state index contributed by atoms with van der Waals surface area (Å²) in [6.45, 7) is 4.87. The number of hydrogen-bond acceptors (Lipinski definition) is 3. The van der Waals surface area contributed by atoms with Crippen molar-refractivity contribution < 1.29 is 4.79 Å². The zero-order chi connectivity index (χ0) is 12.3. The van der Waals surface area contributed by atoms with E-state index in [1.807, 2.05) is 31.2 Å². The van der Waals surface area contributed by atoms with Crippen LogP contribution in [-0.2, 0) is 4.79 Å². The lowest BCUT2D eigenvalue weighted by molar-refractivity contribution is -0.124. The Balaban J connectivity index is 2.23. The summed E-state index contributed by atoms with van der Waals surface area (Å²) in [6.07, 6.45) is 0.957. The third-order valence-electron chi connectivity index (χ3n) is 2.53. The van der Waals surface area contributed by atoms with Gasteiger partial charge in [0.2, 0.25) is 5.91 Å². The molecule has 0 aliphatic carbocycles. The maximum atomic E-state index is 11.7. The monoisotopic (exact) mass is 248 g/mol. The molecule has 1 saturated heterocycles. The topological polar surface area (TPSA) is 32.7 Å². The number of rotatable bonds is 3. The summed E-state index contributed by atoms with van der Waals surface area (Å²) in [5.41, 5.74) is 2.10. The second-order valence-corrected chi connectivity index (χ2v) is 5.01. The molecule has 1 heterocycles. The predicted molar refractivity (Wildman–Crippen MR) is 72.7 cm³/mol. The van der Waals surface area contributed by atoms with Crippen LogP contribution < -0.4 is 0 Å². The van der Waals surface area contributed by atoms with Crippen molar-refractivity contribution in [1.29, 1.82) is 0 Å². The lowest BCUT2D eigenvalue weighted by atomic mass is 10.2. The fraction of sp³-hybridized carbons (Fsp3) is 0.385. The lowest BCUT2D eigenvalue weighted by Crippen LogP contribution is -2.30. The Morgan fingerprint density at radius 2 is 2.29 bits per heavy atom. The van der Waals surface area contributed by atoms with Crippen molar-refractivity contribution in [3.05, 3.63) is 29.8 Å². The summed E-state index contributed by atoms with van der Waals surface area (Å²) in [4.78, 5) is 18.0. The van der Waals surface area contributed by atoms with Crippen molar-refractivity contribution >= 4 is 28.5 Å². The highest BCUT2D eigenvalue weighted by atomic mass is 32.2. The van der Waals surface area contributed by atoms with E-state index in [2.05, 4.69) is 11.9 Å². The van der Waals surface area contributed by atoms with Crippen LogP contribution in [0.4, 0.5) is 5.69 Å². The Kier molecular flexibility index (Phi) is 3.84. The molecule has 1 aromatic rings. The summed E-state index contributed by atoms with van der Waals surface area (Å²) in [6, 6.07) is 8.02. The molecule has 0 aromatic heterocycles. The molecule has 0 spiro atoms.